The zero-order valence-corrected chi connectivity index (χ0v) is 24.3. The highest BCUT2D eigenvalue weighted by molar-refractivity contribution is 6.01. The van der Waals surface area contributed by atoms with E-state index in [0.29, 0.717) is 24.7 Å². The Morgan fingerprint density at radius 3 is 2.19 bits per heavy atom. The van der Waals surface area contributed by atoms with Crippen molar-refractivity contribution in [3.05, 3.63) is 95.6 Å². The molecule has 3 aromatic rings. The maximum atomic E-state index is 14.6. The summed E-state index contributed by atoms with van der Waals surface area (Å²) in [5, 5.41) is 3.30. The predicted molar refractivity (Wildman–Crippen MR) is 166 cm³/mol. The molecule has 0 spiro atoms. The number of nitrogens with zero attached hydrogens (tertiary/aromatic N) is 2. The molecule has 42 heavy (non-hydrogen) atoms. The molecule has 3 fully saturated rings. The van der Waals surface area contributed by atoms with Crippen molar-refractivity contribution in [1.82, 2.24) is 4.90 Å². The summed E-state index contributed by atoms with van der Waals surface area (Å²) in [6, 6.07) is 27.1. The monoisotopic (exact) mass is 563 g/mol. The molecular formula is C36H41N3O3. The van der Waals surface area contributed by atoms with Crippen LogP contribution in [0.4, 0.5) is 11.4 Å². The number of rotatable bonds is 7. The van der Waals surface area contributed by atoms with Gasteiger partial charge in [-0.25, -0.2) is 0 Å². The van der Waals surface area contributed by atoms with Crippen LogP contribution in [0, 0.1) is 11.8 Å². The number of morpholine rings is 1. The van der Waals surface area contributed by atoms with Crippen molar-refractivity contribution in [2.75, 3.05) is 36.5 Å². The lowest BCUT2D eigenvalue weighted by Crippen LogP contribution is -2.63. The summed E-state index contributed by atoms with van der Waals surface area (Å²) in [4.78, 5) is 33.1. The summed E-state index contributed by atoms with van der Waals surface area (Å²) < 4.78 is 5.51. The molecule has 0 radical (unpaired) electrons. The lowest BCUT2D eigenvalue weighted by molar-refractivity contribution is -0.150. The quantitative estimate of drug-likeness (QED) is 0.404. The van der Waals surface area contributed by atoms with Crippen molar-refractivity contribution in [2.24, 2.45) is 11.8 Å². The number of carbonyl (C=O) groups excluding carboxylic acids is 2. The number of carbonyl (C=O) groups is 2. The number of anilines is 2. The van der Waals surface area contributed by atoms with Gasteiger partial charge in [0.15, 0.2) is 0 Å². The van der Waals surface area contributed by atoms with E-state index in [1.54, 1.807) is 0 Å². The van der Waals surface area contributed by atoms with Crippen molar-refractivity contribution in [3.8, 4) is 0 Å². The molecule has 0 aromatic heterocycles. The van der Waals surface area contributed by atoms with E-state index in [2.05, 4.69) is 46.6 Å². The number of fused-ring (bicyclic) bond motifs is 2. The summed E-state index contributed by atoms with van der Waals surface area (Å²) in [5.41, 5.74) is 4.95. The van der Waals surface area contributed by atoms with Crippen LogP contribution < -0.4 is 10.2 Å². The second kappa shape index (κ2) is 11.6. The van der Waals surface area contributed by atoms with Crippen LogP contribution in [0.3, 0.4) is 0 Å². The highest BCUT2D eigenvalue weighted by atomic mass is 16.5. The molecule has 3 atom stereocenters. The summed E-state index contributed by atoms with van der Waals surface area (Å²) in [6.45, 7) is 3.23. The van der Waals surface area contributed by atoms with Crippen LogP contribution in [0.1, 0.15) is 48.8 Å². The van der Waals surface area contributed by atoms with E-state index in [1.165, 1.54) is 11.1 Å². The standard InChI is InChI=1S/C36H41N3O3/c40-34(22-26-6-2-1-3-7-26)39(33-14-15-33)36(17-16-29-23-27-8-4-5-9-28(27)24-30(29)25-36)35(41)37-31-10-12-32(13-11-31)38-18-20-42-21-19-38/h1-13,29-30,33H,14-25H2,(H,37,41)/t29-,30-,36+/m0/s1. The number of hydrogen-bond donors (Lipinski definition) is 1. The van der Waals surface area contributed by atoms with E-state index in [4.69, 9.17) is 4.74 Å². The van der Waals surface area contributed by atoms with Crippen molar-refractivity contribution in [2.45, 2.75) is 62.9 Å². The summed E-state index contributed by atoms with van der Waals surface area (Å²) in [7, 11) is 0. The minimum absolute atomic E-state index is 0.0211. The second-order valence-corrected chi connectivity index (χ2v) is 12.7. The molecule has 6 heteroatoms. The van der Waals surface area contributed by atoms with Gasteiger partial charge in [0.2, 0.25) is 11.8 Å². The third-order valence-electron chi connectivity index (χ3n) is 10.0. The summed E-state index contributed by atoms with van der Waals surface area (Å²) in [5.74, 6) is 0.996. The molecule has 3 aromatic carbocycles. The molecule has 1 aliphatic heterocycles. The van der Waals surface area contributed by atoms with Crippen LogP contribution in [-0.2, 0) is 33.6 Å². The Kier molecular flexibility index (Phi) is 7.49. The van der Waals surface area contributed by atoms with Crippen LogP contribution in [0.5, 0.6) is 0 Å². The Morgan fingerprint density at radius 1 is 0.833 bits per heavy atom. The minimum Gasteiger partial charge on any atom is -0.378 e. The molecule has 7 rings (SSSR count). The smallest absolute Gasteiger partial charge is 0.250 e. The average molecular weight is 564 g/mol. The lowest BCUT2D eigenvalue weighted by Gasteiger charge is -2.51. The number of hydrogen-bond acceptors (Lipinski definition) is 4. The van der Waals surface area contributed by atoms with Gasteiger partial charge < -0.3 is 19.9 Å². The van der Waals surface area contributed by atoms with Gasteiger partial charge in [0.25, 0.3) is 0 Å². The SMILES string of the molecule is O=C(Cc1ccccc1)N(C1CC1)[C@]1(C(=O)Nc2ccc(N3CCOCC3)cc2)CC[C@H]2Cc3ccccc3C[C@H]2C1. The van der Waals surface area contributed by atoms with Gasteiger partial charge in [0, 0.05) is 30.5 Å². The van der Waals surface area contributed by atoms with E-state index in [1.807, 2.05) is 47.4 Å². The normalized spacial score (nSPS) is 25.2. The molecule has 6 nitrogen and oxygen atoms in total. The third-order valence-corrected chi connectivity index (χ3v) is 10.0. The first kappa shape index (κ1) is 27.2. The molecule has 3 aliphatic carbocycles. The van der Waals surface area contributed by atoms with E-state index >= 15 is 0 Å². The molecule has 1 heterocycles. The molecule has 1 N–H and O–H groups in total. The molecule has 2 saturated carbocycles. The van der Waals surface area contributed by atoms with Crippen molar-refractivity contribution < 1.29 is 14.3 Å². The average Bonchev–Trinajstić information content (AvgIpc) is 3.86. The maximum Gasteiger partial charge on any atom is 0.250 e. The highest BCUT2D eigenvalue weighted by Gasteiger charge is 2.55. The van der Waals surface area contributed by atoms with E-state index < -0.39 is 5.54 Å². The van der Waals surface area contributed by atoms with Gasteiger partial charge in [0.1, 0.15) is 5.54 Å². The maximum absolute atomic E-state index is 14.6. The van der Waals surface area contributed by atoms with Gasteiger partial charge in [-0.15, -0.1) is 0 Å². The fourth-order valence-electron chi connectivity index (χ4n) is 7.73. The van der Waals surface area contributed by atoms with E-state index in [9.17, 15) is 9.59 Å². The summed E-state index contributed by atoms with van der Waals surface area (Å²) in [6.07, 6.45) is 6.73. The summed E-state index contributed by atoms with van der Waals surface area (Å²) >= 11 is 0. The first-order valence-electron chi connectivity index (χ1n) is 15.8. The molecule has 1 saturated heterocycles. The molecule has 4 aliphatic rings. The van der Waals surface area contributed by atoms with Crippen LogP contribution in [0.15, 0.2) is 78.9 Å². The second-order valence-electron chi connectivity index (χ2n) is 12.7. The first-order chi connectivity index (χ1) is 20.6. The number of ether oxygens (including phenoxy) is 1. The highest BCUT2D eigenvalue weighted by Crippen LogP contribution is 2.49. The lowest BCUT2D eigenvalue weighted by atomic mass is 9.62. The van der Waals surface area contributed by atoms with Gasteiger partial charge in [-0.1, -0.05) is 54.6 Å². The van der Waals surface area contributed by atoms with Crippen molar-refractivity contribution >= 4 is 23.2 Å². The number of nitrogens with one attached hydrogen (secondary N) is 1. The zero-order valence-electron chi connectivity index (χ0n) is 24.3. The Bertz CT molecular complexity index is 1410. The topological polar surface area (TPSA) is 61.9 Å². The van der Waals surface area contributed by atoms with Crippen LogP contribution >= 0.6 is 0 Å². The number of benzene rings is 3. The third kappa shape index (κ3) is 5.45. The molecular weight excluding hydrogens is 522 g/mol. The van der Waals surface area contributed by atoms with E-state index in [0.717, 1.165) is 81.8 Å². The predicted octanol–water partition coefficient (Wildman–Crippen LogP) is 5.65. The van der Waals surface area contributed by atoms with Gasteiger partial charge in [-0.2, -0.15) is 0 Å². The van der Waals surface area contributed by atoms with Gasteiger partial charge in [-0.3, -0.25) is 9.59 Å². The Hall–Kier alpha value is -3.64. The van der Waals surface area contributed by atoms with E-state index in [-0.39, 0.29) is 17.9 Å². The minimum atomic E-state index is -0.844. The van der Waals surface area contributed by atoms with Gasteiger partial charge >= 0.3 is 0 Å². The van der Waals surface area contributed by atoms with Crippen LogP contribution in [-0.4, -0.2) is 54.6 Å². The molecule has 0 bridgehead atoms. The fraction of sp³-hybridized carbons (Fsp3) is 0.444. The van der Waals surface area contributed by atoms with Crippen molar-refractivity contribution in [1.29, 1.82) is 0 Å². The Labute approximate surface area is 249 Å². The molecule has 218 valence electrons. The molecule has 0 unspecified atom stereocenters. The largest absolute Gasteiger partial charge is 0.378 e. The first-order valence-corrected chi connectivity index (χ1v) is 15.8. The van der Waals surface area contributed by atoms with Gasteiger partial charge in [-0.05, 0) is 97.7 Å². The van der Waals surface area contributed by atoms with Gasteiger partial charge in [0.05, 0.1) is 19.6 Å². The number of amides is 2. The fourth-order valence-corrected chi connectivity index (χ4v) is 7.73. The zero-order chi connectivity index (χ0) is 28.5. The molecule has 2 amide bonds. The van der Waals surface area contributed by atoms with Crippen molar-refractivity contribution in [3.63, 3.8) is 0 Å². The van der Waals surface area contributed by atoms with Crippen LogP contribution in [0.2, 0.25) is 0 Å². The van der Waals surface area contributed by atoms with Crippen LogP contribution in [0.25, 0.3) is 0 Å². The Morgan fingerprint density at radius 2 is 1.50 bits per heavy atom. The Balaban J connectivity index is 1.18.